The highest BCUT2D eigenvalue weighted by atomic mass is 32.1. The Labute approximate surface area is 182 Å². The van der Waals surface area contributed by atoms with Gasteiger partial charge in [-0.25, -0.2) is 4.98 Å². The van der Waals surface area contributed by atoms with Gasteiger partial charge in [0.05, 0.1) is 30.0 Å². The number of para-hydroxylation sites is 1. The van der Waals surface area contributed by atoms with Crippen molar-refractivity contribution in [2.75, 3.05) is 26.1 Å². The normalized spacial score (nSPS) is 10.9. The molecule has 0 atom stereocenters. The molecule has 8 nitrogen and oxygen atoms in total. The third kappa shape index (κ3) is 4.46. The quantitative estimate of drug-likeness (QED) is 0.361. The predicted molar refractivity (Wildman–Crippen MR) is 121 cm³/mol. The Morgan fingerprint density at radius 3 is 2.65 bits per heavy atom. The molecule has 0 spiro atoms. The molecule has 4 aromatic rings. The summed E-state index contributed by atoms with van der Waals surface area (Å²) in [7, 11) is 3.15. The third-order valence-electron chi connectivity index (χ3n) is 4.81. The number of hydrogen-bond acceptors (Lipinski definition) is 6. The monoisotopic (exact) mass is 438 g/mol. The van der Waals surface area contributed by atoms with Gasteiger partial charge in [0.25, 0.3) is 5.91 Å². The number of ether oxygens (including phenoxy) is 2. The summed E-state index contributed by atoms with van der Waals surface area (Å²) in [6.45, 7) is 0.371. The number of thiazole rings is 1. The zero-order valence-corrected chi connectivity index (χ0v) is 18.0. The summed E-state index contributed by atoms with van der Waals surface area (Å²) >= 11 is 1.44. The van der Waals surface area contributed by atoms with E-state index in [2.05, 4.69) is 20.6 Å². The highest BCUT2D eigenvalue weighted by Gasteiger charge is 2.15. The second-order valence-corrected chi connectivity index (χ2v) is 7.87. The molecule has 3 N–H and O–H groups in total. The van der Waals surface area contributed by atoms with Crippen LogP contribution in [0.25, 0.3) is 21.1 Å². The molecule has 0 fully saturated rings. The first kappa shape index (κ1) is 20.7. The number of benzene rings is 2. The highest BCUT2D eigenvalue weighted by molar-refractivity contribution is 7.22. The number of anilines is 1. The molecule has 31 heavy (non-hydrogen) atoms. The van der Waals surface area contributed by atoms with Gasteiger partial charge in [0, 0.05) is 18.4 Å². The van der Waals surface area contributed by atoms with Crippen molar-refractivity contribution in [3.8, 4) is 11.5 Å². The number of nitrogens with one attached hydrogen (secondary N) is 3. The van der Waals surface area contributed by atoms with Gasteiger partial charge in [0.15, 0.2) is 5.13 Å². The Morgan fingerprint density at radius 1 is 1.10 bits per heavy atom. The molecular weight excluding hydrogens is 416 g/mol. The van der Waals surface area contributed by atoms with Gasteiger partial charge < -0.3 is 25.1 Å². The zero-order chi connectivity index (χ0) is 21.8. The van der Waals surface area contributed by atoms with Crippen molar-refractivity contribution in [3.63, 3.8) is 0 Å². The lowest BCUT2D eigenvalue weighted by Gasteiger charge is -2.05. The van der Waals surface area contributed by atoms with Gasteiger partial charge in [-0.2, -0.15) is 0 Å². The Kier molecular flexibility index (Phi) is 6.03. The highest BCUT2D eigenvalue weighted by Crippen LogP contribution is 2.33. The van der Waals surface area contributed by atoms with E-state index in [1.807, 2.05) is 24.3 Å². The largest absolute Gasteiger partial charge is 0.496 e. The van der Waals surface area contributed by atoms with E-state index in [9.17, 15) is 9.59 Å². The van der Waals surface area contributed by atoms with E-state index in [1.165, 1.54) is 11.3 Å². The molecular formula is C22H22N4O4S. The maximum atomic E-state index is 12.5. The number of fused-ring (bicyclic) bond motifs is 2. The van der Waals surface area contributed by atoms with Crippen LogP contribution in [0.2, 0.25) is 0 Å². The number of carbonyl (C=O) groups excluding carboxylic acids is 2. The van der Waals surface area contributed by atoms with Crippen LogP contribution < -0.4 is 20.1 Å². The topological polar surface area (TPSA) is 105 Å². The third-order valence-corrected chi connectivity index (χ3v) is 5.76. The molecule has 2 aromatic heterocycles. The number of H-pyrrole nitrogens is 1. The standard InChI is InChI=1S/C22H22N4O4S/c1-29-16-9-10-17(30-2)20-13(16)12-15(24-20)21(28)23-11-5-8-19(27)26-22-25-14-6-3-4-7-18(14)31-22/h3-4,6-7,9-10,12,24H,5,8,11H2,1-2H3,(H,23,28)(H,25,26,27). The van der Waals surface area contributed by atoms with Crippen molar-refractivity contribution in [1.82, 2.24) is 15.3 Å². The minimum Gasteiger partial charge on any atom is -0.496 e. The average molecular weight is 439 g/mol. The second kappa shape index (κ2) is 9.05. The minimum atomic E-state index is -0.258. The molecule has 0 aliphatic carbocycles. The van der Waals surface area contributed by atoms with Crippen LogP contribution in [-0.2, 0) is 4.79 Å². The summed E-state index contributed by atoms with van der Waals surface area (Å²) in [5.41, 5.74) is 1.96. The fourth-order valence-electron chi connectivity index (χ4n) is 3.29. The maximum absolute atomic E-state index is 12.5. The van der Waals surface area contributed by atoms with E-state index in [0.29, 0.717) is 40.8 Å². The van der Waals surface area contributed by atoms with Crippen LogP contribution in [0.15, 0.2) is 42.5 Å². The first-order chi connectivity index (χ1) is 15.1. The Bertz CT molecular complexity index is 1170. The lowest BCUT2D eigenvalue weighted by molar-refractivity contribution is -0.116. The summed E-state index contributed by atoms with van der Waals surface area (Å²) in [5, 5.41) is 6.99. The van der Waals surface area contributed by atoms with E-state index in [1.54, 1.807) is 32.4 Å². The van der Waals surface area contributed by atoms with Crippen molar-refractivity contribution in [3.05, 3.63) is 48.2 Å². The fraction of sp³-hybridized carbons (Fsp3) is 0.227. The summed E-state index contributed by atoms with van der Waals surface area (Å²) in [6.07, 6.45) is 0.792. The van der Waals surface area contributed by atoms with Crippen LogP contribution in [0, 0.1) is 0 Å². The van der Waals surface area contributed by atoms with Crippen LogP contribution in [-0.4, -0.2) is 42.5 Å². The smallest absolute Gasteiger partial charge is 0.267 e. The molecule has 4 rings (SSSR count). The predicted octanol–water partition coefficient (Wildman–Crippen LogP) is 3.94. The maximum Gasteiger partial charge on any atom is 0.267 e. The summed E-state index contributed by atoms with van der Waals surface area (Å²) in [5.74, 6) is 0.888. The van der Waals surface area contributed by atoms with Crippen molar-refractivity contribution >= 4 is 49.4 Å². The number of hydrogen-bond donors (Lipinski definition) is 3. The van der Waals surface area contributed by atoms with Crippen LogP contribution in [0.5, 0.6) is 11.5 Å². The Morgan fingerprint density at radius 2 is 1.87 bits per heavy atom. The van der Waals surface area contributed by atoms with E-state index in [0.717, 1.165) is 15.6 Å². The molecule has 9 heteroatoms. The number of methoxy groups -OCH3 is 2. The van der Waals surface area contributed by atoms with E-state index >= 15 is 0 Å². The van der Waals surface area contributed by atoms with Crippen LogP contribution in [0.1, 0.15) is 23.3 Å². The van der Waals surface area contributed by atoms with Crippen molar-refractivity contribution < 1.29 is 19.1 Å². The number of amides is 2. The first-order valence-corrected chi connectivity index (χ1v) is 10.6. The Balaban J connectivity index is 1.30. The molecule has 0 bridgehead atoms. The second-order valence-electron chi connectivity index (χ2n) is 6.84. The molecule has 0 saturated heterocycles. The molecule has 0 radical (unpaired) electrons. The van der Waals surface area contributed by atoms with Crippen molar-refractivity contribution in [2.45, 2.75) is 12.8 Å². The molecule has 0 unspecified atom stereocenters. The zero-order valence-electron chi connectivity index (χ0n) is 17.2. The average Bonchev–Trinajstić information content (AvgIpc) is 3.40. The molecule has 0 aliphatic rings. The molecule has 0 aliphatic heterocycles. The van der Waals surface area contributed by atoms with Crippen LogP contribution in [0.3, 0.4) is 0 Å². The fourth-order valence-corrected chi connectivity index (χ4v) is 4.17. The Hall–Kier alpha value is -3.59. The van der Waals surface area contributed by atoms with Crippen molar-refractivity contribution in [2.24, 2.45) is 0 Å². The van der Waals surface area contributed by atoms with Crippen LogP contribution in [0.4, 0.5) is 5.13 Å². The van der Waals surface area contributed by atoms with Gasteiger partial charge in [-0.15, -0.1) is 0 Å². The SMILES string of the molecule is COc1ccc(OC)c2[nH]c(C(=O)NCCCC(=O)Nc3nc4ccccc4s3)cc12. The van der Waals surface area contributed by atoms with Crippen LogP contribution >= 0.6 is 11.3 Å². The number of nitrogens with zero attached hydrogens (tertiary/aromatic N) is 1. The number of carbonyl (C=O) groups is 2. The number of rotatable bonds is 8. The van der Waals surface area contributed by atoms with Gasteiger partial charge in [0.2, 0.25) is 5.91 Å². The van der Waals surface area contributed by atoms with Gasteiger partial charge in [-0.05, 0) is 36.8 Å². The van der Waals surface area contributed by atoms with Gasteiger partial charge in [0.1, 0.15) is 17.2 Å². The van der Waals surface area contributed by atoms with Gasteiger partial charge in [-0.1, -0.05) is 23.5 Å². The minimum absolute atomic E-state index is 0.131. The number of aromatic nitrogens is 2. The summed E-state index contributed by atoms with van der Waals surface area (Å²) in [4.78, 5) is 32.2. The first-order valence-electron chi connectivity index (χ1n) is 9.76. The molecule has 2 heterocycles. The molecule has 2 aromatic carbocycles. The summed E-state index contributed by atoms with van der Waals surface area (Å²) in [6, 6.07) is 13.0. The summed E-state index contributed by atoms with van der Waals surface area (Å²) < 4.78 is 11.7. The number of aromatic amines is 1. The molecule has 0 saturated carbocycles. The van der Waals surface area contributed by atoms with Gasteiger partial charge in [-0.3, -0.25) is 9.59 Å². The van der Waals surface area contributed by atoms with Crippen molar-refractivity contribution in [1.29, 1.82) is 0 Å². The molecule has 160 valence electrons. The van der Waals surface area contributed by atoms with E-state index in [4.69, 9.17) is 9.47 Å². The lowest BCUT2D eigenvalue weighted by atomic mass is 10.2. The lowest BCUT2D eigenvalue weighted by Crippen LogP contribution is -2.25. The van der Waals surface area contributed by atoms with Gasteiger partial charge >= 0.3 is 0 Å². The van der Waals surface area contributed by atoms with E-state index in [-0.39, 0.29) is 18.2 Å². The van der Waals surface area contributed by atoms with E-state index < -0.39 is 0 Å². The molecule has 2 amide bonds.